The lowest BCUT2D eigenvalue weighted by molar-refractivity contribution is 0.0944. The fraction of sp³-hybridized carbons (Fsp3) is 0.286. The molecule has 0 aliphatic rings. The smallest absolute Gasteiger partial charge is 0.178 e. The first-order chi connectivity index (χ1) is 12.1. The lowest BCUT2D eigenvalue weighted by Gasteiger charge is -2.17. The van der Waals surface area contributed by atoms with Crippen LogP contribution in [0, 0.1) is 0 Å². The van der Waals surface area contributed by atoms with E-state index in [9.17, 15) is 4.79 Å². The number of hydrogen-bond acceptors (Lipinski definition) is 3. The van der Waals surface area contributed by atoms with Crippen LogP contribution >= 0.6 is 0 Å². The molecule has 4 nitrogen and oxygen atoms in total. The van der Waals surface area contributed by atoms with Crippen molar-refractivity contribution in [2.24, 2.45) is 0 Å². The van der Waals surface area contributed by atoms with Crippen LogP contribution in [0.15, 0.2) is 48.7 Å². The predicted molar refractivity (Wildman–Crippen MR) is 101 cm³/mol. The van der Waals surface area contributed by atoms with E-state index in [-0.39, 0.29) is 5.78 Å². The standard InChI is InChI=1S/C21H24N2O2/c1-4-15-9-7-10-17-18(12-22-21(15)17)19(24)14-23(2)13-16-8-5-6-11-20(16)25-3/h5-12,22H,4,13-14H2,1-3H3. The Balaban J connectivity index is 1.76. The van der Waals surface area contributed by atoms with Gasteiger partial charge in [-0.1, -0.05) is 43.3 Å². The van der Waals surface area contributed by atoms with Gasteiger partial charge in [-0.25, -0.2) is 0 Å². The van der Waals surface area contributed by atoms with Crippen molar-refractivity contribution in [3.8, 4) is 5.75 Å². The van der Waals surface area contributed by atoms with Crippen LogP contribution in [0.5, 0.6) is 5.75 Å². The number of ether oxygens (including phenoxy) is 1. The van der Waals surface area contributed by atoms with Gasteiger partial charge in [-0.15, -0.1) is 0 Å². The number of aromatic amines is 1. The van der Waals surface area contributed by atoms with E-state index in [4.69, 9.17) is 4.74 Å². The Morgan fingerprint density at radius 2 is 1.88 bits per heavy atom. The van der Waals surface area contributed by atoms with Gasteiger partial charge in [0.25, 0.3) is 0 Å². The van der Waals surface area contributed by atoms with Crippen molar-refractivity contribution in [1.29, 1.82) is 0 Å². The van der Waals surface area contributed by atoms with Crippen molar-refractivity contribution in [3.05, 3.63) is 65.4 Å². The summed E-state index contributed by atoms with van der Waals surface area (Å²) in [5.74, 6) is 0.971. The van der Waals surface area contributed by atoms with Crippen LogP contribution in [0.4, 0.5) is 0 Å². The second-order valence-corrected chi connectivity index (χ2v) is 6.30. The topological polar surface area (TPSA) is 45.3 Å². The van der Waals surface area contributed by atoms with E-state index >= 15 is 0 Å². The number of benzene rings is 2. The van der Waals surface area contributed by atoms with Crippen molar-refractivity contribution in [1.82, 2.24) is 9.88 Å². The third kappa shape index (κ3) is 3.59. The highest BCUT2D eigenvalue weighted by Gasteiger charge is 2.16. The van der Waals surface area contributed by atoms with Gasteiger partial charge in [0, 0.05) is 34.8 Å². The van der Waals surface area contributed by atoms with Crippen LogP contribution < -0.4 is 4.74 Å². The zero-order valence-corrected chi connectivity index (χ0v) is 15.0. The maximum Gasteiger partial charge on any atom is 0.178 e. The summed E-state index contributed by atoms with van der Waals surface area (Å²) in [6.45, 7) is 3.15. The molecule has 3 rings (SSSR count). The van der Waals surface area contributed by atoms with E-state index < -0.39 is 0 Å². The molecule has 3 aromatic rings. The number of nitrogens with one attached hydrogen (secondary N) is 1. The fourth-order valence-corrected chi connectivity index (χ4v) is 3.25. The molecule has 4 heteroatoms. The Labute approximate surface area is 148 Å². The van der Waals surface area contributed by atoms with Gasteiger partial charge in [0.05, 0.1) is 13.7 Å². The molecule has 0 aliphatic carbocycles. The number of methoxy groups -OCH3 is 1. The minimum atomic E-state index is 0.122. The maximum absolute atomic E-state index is 12.8. The molecule has 0 amide bonds. The first kappa shape index (κ1) is 17.2. The van der Waals surface area contributed by atoms with Crippen molar-refractivity contribution < 1.29 is 9.53 Å². The summed E-state index contributed by atoms with van der Waals surface area (Å²) in [5, 5.41) is 1.01. The quantitative estimate of drug-likeness (QED) is 0.662. The minimum absolute atomic E-state index is 0.122. The highest BCUT2D eigenvalue weighted by Crippen LogP contribution is 2.23. The van der Waals surface area contributed by atoms with Gasteiger partial charge in [-0.05, 0) is 25.1 Å². The molecule has 2 aromatic carbocycles. The number of likely N-dealkylation sites (N-methyl/N-ethyl adjacent to an activating group) is 1. The van der Waals surface area contributed by atoms with E-state index in [1.165, 1.54) is 5.56 Å². The summed E-state index contributed by atoms with van der Waals surface area (Å²) >= 11 is 0. The molecule has 1 aromatic heterocycles. The average molecular weight is 336 g/mol. The summed E-state index contributed by atoms with van der Waals surface area (Å²) in [6, 6.07) is 14.0. The Hall–Kier alpha value is -2.59. The van der Waals surface area contributed by atoms with Crippen molar-refractivity contribution in [2.75, 3.05) is 20.7 Å². The molecule has 0 fully saturated rings. The monoisotopic (exact) mass is 336 g/mol. The maximum atomic E-state index is 12.8. The molecular formula is C21H24N2O2. The van der Waals surface area contributed by atoms with Crippen molar-refractivity contribution in [3.63, 3.8) is 0 Å². The minimum Gasteiger partial charge on any atom is -0.496 e. The lowest BCUT2D eigenvalue weighted by Crippen LogP contribution is -2.25. The molecule has 0 aliphatic heterocycles. The van der Waals surface area contributed by atoms with Gasteiger partial charge in [-0.2, -0.15) is 0 Å². The average Bonchev–Trinajstić information content (AvgIpc) is 3.06. The van der Waals surface area contributed by atoms with Crippen LogP contribution in [0.1, 0.15) is 28.4 Å². The number of nitrogens with zero attached hydrogens (tertiary/aromatic N) is 1. The van der Waals surface area contributed by atoms with Crippen LogP contribution in [0.25, 0.3) is 10.9 Å². The number of aromatic nitrogens is 1. The van der Waals surface area contributed by atoms with E-state index in [1.54, 1.807) is 7.11 Å². The molecule has 130 valence electrons. The lowest BCUT2D eigenvalue weighted by atomic mass is 10.0. The molecule has 0 bridgehead atoms. The number of para-hydroxylation sites is 2. The van der Waals surface area contributed by atoms with Gasteiger partial charge in [0.1, 0.15) is 5.75 Å². The summed E-state index contributed by atoms with van der Waals surface area (Å²) < 4.78 is 5.39. The second kappa shape index (κ2) is 7.53. The summed E-state index contributed by atoms with van der Waals surface area (Å²) in [4.78, 5) is 18.1. The number of Topliss-reactive ketones (excluding diaryl/α,β-unsaturated/α-hetero) is 1. The highest BCUT2D eigenvalue weighted by atomic mass is 16.5. The number of aryl methyl sites for hydroxylation is 1. The van der Waals surface area contributed by atoms with Crippen LogP contribution in [-0.2, 0) is 13.0 Å². The van der Waals surface area contributed by atoms with Gasteiger partial charge < -0.3 is 9.72 Å². The molecular weight excluding hydrogens is 312 g/mol. The molecule has 0 saturated heterocycles. The summed E-state index contributed by atoms with van der Waals surface area (Å²) in [6.07, 6.45) is 2.78. The van der Waals surface area contributed by atoms with Gasteiger partial charge in [0.15, 0.2) is 5.78 Å². The number of ketones is 1. The Morgan fingerprint density at radius 3 is 2.64 bits per heavy atom. The first-order valence-corrected chi connectivity index (χ1v) is 8.56. The van der Waals surface area contributed by atoms with E-state index in [0.717, 1.165) is 34.2 Å². The van der Waals surface area contributed by atoms with Gasteiger partial charge >= 0.3 is 0 Å². The predicted octanol–water partition coefficient (Wildman–Crippen LogP) is 4.05. The van der Waals surface area contributed by atoms with Gasteiger partial charge in [0.2, 0.25) is 0 Å². The Bertz CT molecular complexity index is 882. The summed E-state index contributed by atoms with van der Waals surface area (Å²) in [5.41, 5.74) is 4.14. The number of fused-ring (bicyclic) bond motifs is 1. The van der Waals surface area contributed by atoms with Crippen LogP contribution in [0.2, 0.25) is 0 Å². The molecule has 1 heterocycles. The Morgan fingerprint density at radius 1 is 1.12 bits per heavy atom. The van der Waals surface area contributed by atoms with E-state index in [1.807, 2.05) is 54.5 Å². The SMILES string of the molecule is CCc1cccc2c(C(=O)CN(C)Cc3ccccc3OC)c[nH]c12. The fourth-order valence-electron chi connectivity index (χ4n) is 3.25. The molecule has 0 radical (unpaired) electrons. The van der Waals surface area contributed by atoms with Gasteiger partial charge in [-0.3, -0.25) is 9.69 Å². The van der Waals surface area contributed by atoms with Crippen molar-refractivity contribution >= 4 is 16.7 Å². The molecule has 0 saturated carbocycles. The second-order valence-electron chi connectivity index (χ2n) is 6.30. The first-order valence-electron chi connectivity index (χ1n) is 8.56. The third-order valence-electron chi connectivity index (χ3n) is 4.53. The van der Waals surface area contributed by atoms with E-state index in [2.05, 4.69) is 18.0 Å². The van der Waals surface area contributed by atoms with Crippen LogP contribution in [-0.4, -0.2) is 36.4 Å². The number of H-pyrrole nitrogens is 1. The van der Waals surface area contributed by atoms with Crippen molar-refractivity contribution in [2.45, 2.75) is 19.9 Å². The van der Waals surface area contributed by atoms with Crippen LogP contribution in [0.3, 0.4) is 0 Å². The molecule has 0 unspecified atom stereocenters. The largest absolute Gasteiger partial charge is 0.496 e. The zero-order valence-electron chi connectivity index (χ0n) is 15.0. The number of carbonyl (C=O) groups is 1. The number of rotatable bonds is 7. The normalized spacial score (nSPS) is 11.2. The third-order valence-corrected chi connectivity index (χ3v) is 4.53. The Kier molecular flexibility index (Phi) is 5.19. The molecule has 25 heavy (non-hydrogen) atoms. The summed E-state index contributed by atoms with van der Waals surface area (Å²) in [7, 11) is 3.62. The molecule has 1 N–H and O–H groups in total. The molecule has 0 spiro atoms. The zero-order chi connectivity index (χ0) is 17.8. The number of hydrogen-bond donors (Lipinski definition) is 1. The number of carbonyl (C=O) groups excluding carboxylic acids is 1. The van der Waals surface area contributed by atoms with E-state index in [0.29, 0.717) is 13.1 Å². The molecule has 0 atom stereocenters. The highest BCUT2D eigenvalue weighted by molar-refractivity contribution is 6.09.